The van der Waals surface area contributed by atoms with Crippen LogP contribution in [0.1, 0.15) is 99.5 Å². The lowest BCUT2D eigenvalue weighted by molar-refractivity contribution is -0.140. The number of hydrogen-bond acceptors (Lipinski definition) is 4. The second-order valence-corrected chi connectivity index (χ2v) is 10.2. The standard InChI is InChI=1S/C33H42O5/c1-4-6-8-9-12-24-37-28-18-16-26(17-19-28)27-20-22-33(23-21-27,32(35)36)30-15-11-10-14-29(30)31(34)38-25(3)13-7-5-2/h10-11,14-23,25,27H,4-9,12-13,24H2,1-3H3,(H,35,36). The molecule has 0 saturated heterocycles. The molecule has 0 spiro atoms. The molecule has 0 heterocycles. The molecule has 2 aromatic carbocycles. The van der Waals surface area contributed by atoms with Gasteiger partial charge in [-0.25, -0.2) is 4.79 Å². The maximum Gasteiger partial charge on any atom is 0.338 e. The minimum Gasteiger partial charge on any atom is -0.494 e. The van der Waals surface area contributed by atoms with Gasteiger partial charge >= 0.3 is 11.9 Å². The van der Waals surface area contributed by atoms with Gasteiger partial charge in [-0.15, -0.1) is 0 Å². The Balaban J connectivity index is 1.71. The number of carbonyl (C=O) groups excluding carboxylic acids is 1. The van der Waals surface area contributed by atoms with E-state index in [0.29, 0.717) is 12.2 Å². The first-order valence-corrected chi connectivity index (χ1v) is 14.1. The van der Waals surface area contributed by atoms with E-state index in [2.05, 4.69) is 13.8 Å². The van der Waals surface area contributed by atoms with Crippen LogP contribution in [0.25, 0.3) is 0 Å². The molecule has 5 nitrogen and oxygen atoms in total. The number of esters is 1. The highest BCUT2D eigenvalue weighted by Crippen LogP contribution is 2.37. The van der Waals surface area contributed by atoms with Crippen LogP contribution in [-0.4, -0.2) is 29.8 Å². The minimum absolute atomic E-state index is 0.0706. The highest BCUT2D eigenvalue weighted by Gasteiger charge is 2.40. The molecule has 38 heavy (non-hydrogen) atoms. The maximum atomic E-state index is 13.0. The zero-order valence-electron chi connectivity index (χ0n) is 23.0. The number of ether oxygens (including phenoxy) is 2. The van der Waals surface area contributed by atoms with Crippen LogP contribution in [0.5, 0.6) is 5.75 Å². The van der Waals surface area contributed by atoms with Crippen LogP contribution < -0.4 is 4.74 Å². The van der Waals surface area contributed by atoms with E-state index in [1.807, 2.05) is 43.3 Å². The van der Waals surface area contributed by atoms with Crippen LogP contribution in [0.3, 0.4) is 0 Å². The van der Waals surface area contributed by atoms with E-state index in [0.717, 1.165) is 37.0 Å². The predicted octanol–water partition coefficient (Wildman–Crippen LogP) is 8.00. The molecule has 1 N–H and O–H groups in total. The molecule has 1 atom stereocenters. The molecular weight excluding hydrogens is 476 g/mol. The van der Waals surface area contributed by atoms with Gasteiger partial charge in [-0.2, -0.15) is 0 Å². The molecule has 0 saturated carbocycles. The number of benzene rings is 2. The highest BCUT2D eigenvalue weighted by atomic mass is 16.5. The molecule has 0 aliphatic heterocycles. The fourth-order valence-corrected chi connectivity index (χ4v) is 4.79. The SMILES string of the molecule is CCCCCCCOc1ccc(C2C=CC(C(=O)O)(c3ccccc3C(=O)OC(C)CCCC)C=C2)cc1. The molecule has 0 aromatic heterocycles. The number of allylic oxidation sites excluding steroid dienone is 2. The Morgan fingerprint density at radius 2 is 1.55 bits per heavy atom. The van der Waals surface area contributed by atoms with Gasteiger partial charge in [-0.3, -0.25) is 4.79 Å². The van der Waals surface area contributed by atoms with E-state index in [1.54, 1.807) is 36.4 Å². The van der Waals surface area contributed by atoms with Crippen LogP contribution >= 0.6 is 0 Å². The summed E-state index contributed by atoms with van der Waals surface area (Å²) in [6, 6.07) is 14.8. The monoisotopic (exact) mass is 518 g/mol. The molecular formula is C33H42O5. The zero-order valence-corrected chi connectivity index (χ0v) is 23.0. The number of carbonyl (C=O) groups is 2. The van der Waals surface area contributed by atoms with Gasteiger partial charge in [0.25, 0.3) is 0 Å². The Labute approximate surface area is 227 Å². The lowest BCUT2D eigenvalue weighted by Crippen LogP contribution is -2.35. The molecule has 5 heteroatoms. The summed E-state index contributed by atoms with van der Waals surface area (Å²) in [7, 11) is 0. The first-order chi connectivity index (χ1) is 18.4. The van der Waals surface area contributed by atoms with Crippen molar-refractivity contribution in [3.05, 3.63) is 89.5 Å². The lowest BCUT2D eigenvalue weighted by atomic mass is 9.73. The first-order valence-electron chi connectivity index (χ1n) is 14.1. The van der Waals surface area contributed by atoms with Crippen molar-refractivity contribution >= 4 is 11.9 Å². The number of unbranched alkanes of at least 4 members (excludes halogenated alkanes) is 5. The Kier molecular flexibility index (Phi) is 11.2. The Morgan fingerprint density at radius 3 is 2.21 bits per heavy atom. The molecule has 1 aliphatic carbocycles. The Hall–Kier alpha value is -3.34. The van der Waals surface area contributed by atoms with Crippen molar-refractivity contribution in [1.29, 1.82) is 0 Å². The highest BCUT2D eigenvalue weighted by molar-refractivity contribution is 5.97. The van der Waals surface area contributed by atoms with Crippen molar-refractivity contribution in [2.45, 2.75) is 89.6 Å². The van der Waals surface area contributed by atoms with Crippen molar-refractivity contribution in [2.24, 2.45) is 0 Å². The minimum atomic E-state index is -1.44. The Morgan fingerprint density at radius 1 is 0.895 bits per heavy atom. The van der Waals surface area contributed by atoms with E-state index in [9.17, 15) is 14.7 Å². The van der Waals surface area contributed by atoms with Gasteiger partial charge < -0.3 is 14.6 Å². The second-order valence-electron chi connectivity index (χ2n) is 10.2. The molecule has 3 rings (SSSR count). The van der Waals surface area contributed by atoms with Gasteiger partial charge in [0.05, 0.1) is 18.3 Å². The van der Waals surface area contributed by atoms with Gasteiger partial charge in [0.1, 0.15) is 11.2 Å². The number of rotatable bonds is 15. The summed E-state index contributed by atoms with van der Waals surface area (Å²) in [5, 5.41) is 10.3. The van der Waals surface area contributed by atoms with E-state index >= 15 is 0 Å². The third-order valence-corrected chi connectivity index (χ3v) is 7.13. The van der Waals surface area contributed by atoms with Crippen LogP contribution in [0.2, 0.25) is 0 Å². The van der Waals surface area contributed by atoms with Crippen molar-refractivity contribution in [3.8, 4) is 5.75 Å². The van der Waals surface area contributed by atoms with E-state index in [1.165, 1.54) is 25.7 Å². The maximum absolute atomic E-state index is 13.0. The first kappa shape index (κ1) is 29.2. The van der Waals surface area contributed by atoms with Gasteiger partial charge in [-0.1, -0.05) is 107 Å². The molecule has 2 aromatic rings. The largest absolute Gasteiger partial charge is 0.494 e. The molecule has 1 aliphatic rings. The molecule has 0 fully saturated rings. The summed E-state index contributed by atoms with van der Waals surface area (Å²) in [6.45, 7) is 6.89. The number of aliphatic carboxylic acids is 1. The summed E-state index contributed by atoms with van der Waals surface area (Å²) in [5.74, 6) is -0.757. The number of carboxylic acids is 1. The van der Waals surface area contributed by atoms with Crippen LogP contribution in [0.4, 0.5) is 0 Å². The smallest absolute Gasteiger partial charge is 0.338 e. The molecule has 0 bridgehead atoms. The van der Waals surface area contributed by atoms with Crippen LogP contribution in [0.15, 0.2) is 72.8 Å². The summed E-state index contributed by atoms with van der Waals surface area (Å²) in [4.78, 5) is 25.6. The van der Waals surface area contributed by atoms with Crippen molar-refractivity contribution in [3.63, 3.8) is 0 Å². The summed E-state index contributed by atoms with van der Waals surface area (Å²) >= 11 is 0. The molecule has 204 valence electrons. The van der Waals surface area contributed by atoms with Crippen LogP contribution in [-0.2, 0) is 14.9 Å². The van der Waals surface area contributed by atoms with E-state index < -0.39 is 17.4 Å². The fourth-order valence-electron chi connectivity index (χ4n) is 4.79. The van der Waals surface area contributed by atoms with Gasteiger partial charge in [0, 0.05) is 5.92 Å². The molecule has 1 unspecified atom stereocenters. The predicted molar refractivity (Wildman–Crippen MR) is 152 cm³/mol. The van der Waals surface area contributed by atoms with Crippen molar-refractivity contribution in [1.82, 2.24) is 0 Å². The van der Waals surface area contributed by atoms with Gasteiger partial charge in [0.2, 0.25) is 0 Å². The second kappa shape index (κ2) is 14.6. The normalized spacial score (nSPS) is 19.2. The summed E-state index contributed by atoms with van der Waals surface area (Å²) in [5.41, 5.74) is 0.291. The molecule has 0 radical (unpaired) electrons. The lowest BCUT2D eigenvalue weighted by Gasteiger charge is -2.29. The average Bonchev–Trinajstić information content (AvgIpc) is 2.94. The van der Waals surface area contributed by atoms with Crippen molar-refractivity contribution in [2.75, 3.05) is 6.61 Å². The third-order valence-electron chi connectivity index (χ3n) is 7.13. The third kappa shape index (κ3) is 7.59. The quantitative estimate of drug-likeness (QED) is 0.147. The molecule has 0 amide bonds. The number of carboxylic acid groups (broad SMARTS) is 1. The van der Waals surface area contributed by atoms with Gasteiger partial charge in [-0.05, 0) is 49.1 Å². The van der Waals surface area contributed by atoms with Gasteiger partial charge in [0.15, 0.2) is 0 Å². The number of hydrogen-bond donors (Lipinski definition) is 1. The average molecular weight is 519 g/mol. The topological polar surface area (TPSA) is 72.8 Å². The Bertz CT molecular complexity index is 1080. The van der Waals surface area contributed by atoms with E-state index in [4.69, 9.17) is 9.47 Å². The zero-order chi connectivity index (χ0) is 27.4. The fraction of sp³-hybridized carbons (Fsp3) is 0.455. The summed E-state index contributed by atoms with van der Waals surface area (Å²) in [6.07, 6.45) is 15.7. The van der Waals surface area contributed by atoms with Crippen molar-refractivity contribution < 1.29 is 24.2 Å². The summed E-state index contributed by atoms with van der Waals surface area (Å²) < 4.78 is 11.5. The van der Waals surface area contributed by atoms with E-state index in [-0.39, 0.29) is 17.6 Å². The van der Waals surface area contributed by atoms with Crippen LogP contribution in [0, 0.1) is 0 Å².